The Balaban J connectivity index is 1.78. The van der Waals surface area contributed by atoms with Gasteiger partial charge in [0, 0.05) is 26.2 Å². The summed E-state index contributed by atoms with van der Waals surface area (Å²) in [5, 5.41) is 9.41. The third-order valence-corrected chi connectivity index (χ3v) is 4.05. The number of carboxylic acid groups (broad SMARTS) is 1. The van der Waals surface area contributed by atoms with Gasteiger partial charge in [0.05, 0.1) is 12.0 Å². The van der Waals surface area contributed by atoms with Crippen molar-refractivity contribution < 1.29 is 14.6 Å². The fraction of sp³-hybridized carbons (Fsp3) is 0.533. The van der Waals surface area contributed by atoms with Crippen LogP contribution in [-0.4, -0.2) is 41.8 Å². The first kappa shape index (κ1) is 12.6. The molecule has 0 amide bonds. The van der Waals surface area contributed by atoms with E-state index < -0.39 is 11.9 Å². The van der Waals surface area contributed by atoms with Crippen LogP contribution in [-0.2, 0) is 16.1 Å². The largest absolute Gasteiger partial charge is 0.481 e. The van der Waals surface area contributed by atoms with Crippen LogP contribution in [0.5, 0.6) is 0 Å². The molecule has 1 aromatic rings. The number of hydrogen-bond donors (Lipinski definition) is 1. The molecule has 4 nitrogen and oxygen atoms in total. The van der Waals surface area contributed by atoms with E-state index in [-0.39, 0.29) is 6.10 Å². The fourth-order valence-corrected chi connectivity index (χ4v) is 3.11. The molecule has 4 heteroatoms. The molecule has 1 saturated heterocycles. The minimum Gasteiger partial charge on any atom is -0.481 e. The normalized spacial score (nSPS) is 27.2. The van der Waals surface area contributed by atoms with Crippen molar-refractivity contribution in [3.05, 3.63) is 35.4 Å². The van der Waals surface area contributed by atoms with Gasteiger partial charge in [0.2, 0.25) is 0 Å². The maximum absolute atomic E-state index is 11.4. The number of hydrogen-bond acceptors (Lipinski definition) is 3. The van der Waals surface area contributed by atoms with Crippen molar-refractivity contribution in [1.29, 1.82) is 0 Å². The first-order chi connectivity index (χ1) is 9.24. The zero-order chi connectivity index (χ0) is 13.2. The predicted octanol–water partition coefficient (Wildman–Crippen LogP) is 1.85. The molecule has 2 aliphatic heterocycles. The first-order valence-corrected chi connectivity index (χ1v) is 6.88. The maximum atomic E-state index is 11.4. The number of fused-ring (bicyclic) bond motifs is 1. The lowest BCUT2D eigenvalue weighted by atomic mass is 9.89. The molecule has 0 spiro atoms. The Morgan fingerprint density at radius 2 is 2.26 bits per heavy atom. The Hall–Kier alpha value is -1.39. The van der Waals surface area contributed by atoms with Crippen LogP contribution in [0.15, 0.2) is 24.3 Å². The van der Waals surface area contributed by atoms with E-state index in [4.69, 9.17) is 4.74 Å². The summed E-state index contributed by atoms with van der Waals surface area (Å²) < 4.78 is 5.65. The summed E-state index contributed by atoms with van der Waals surface area (Å²) in [5.74, 6) is -1.14. The number of carbonyl (C=O) groups is 1. The molecule has 0 bridgehead atoms. The molecule has 2 unspecified atom stereocenters. The van der Waals surface area contributed by atoms with Crippen LogP contribution in [0, 0.1) is 0 Å². The van der Waals surface area contributed by atoms with Gasteiger partial charge in [-0.05, 0) is 24.0 Å². The van der Waals surface area contributed by atoms with Crippen molar-refractivity contribution in [1.82, 2.24) is 4.90 Å². The number of benzene rings is 1. The highest BCUT2D eigenvalue weighted by Gasteiger charge is 2.31. The molecular weight excluding hydrogens is 242 g/mol. The van der Waals surface area contributed by atoms with Crippen LogP contribution in [0.2, 0.25) is 0 Å². The van der Waals surface area contributed by atoms with Crippen LogP contribution in [0.3, 0.4) is 0 Å². The fourth-order valence-electron chi connectivity index (χ4n) is 3.11. The third-order valence-electron chi connectivity index (χ3n) is 4.05. The number of nitrogens with zero attached hydrogens (tertiary/aromatic N) is 1. The van der Waals surface area contributed by atoms with Gasteiger partial charge in [0.1, 0.15) is 0 Å². The average Bonchev–Trinajstić information content (AvgIpc) is 2.90. The van der Waals surface area contributed by atoms with Crippen molar-refractivity contribution in [3.63, 3.8) is 0 Å². The molecule has 0 saturated carbocycles. The van der Waals surface area contributed by atoms with Crippen LogP contribution >= 0.6 is 0 Å². The molecule has 0 radical (unpaired) electrons. The van der Waals surface area contributed by atoms with Crippen LogP contribution in [0.25, 0.3) is 0 Å². The number of aliphatic carboxylic acids is 1. The van der Waals surface area contributed by atoms with E-state index in [1.807, 2.05) is 24.3 Å². The summed E-state index contributed by atoms with van der Waals surface area (Å²) in [6.45, 7) is 3.11. The minimum atomic E-state index is -0.732. The Bertz CT molecular complexity index is 468. The zero-order valence-corrected chi connectivity index (χ0v) is 10.9. The maximum Gasteiger partial charge on any atom is 0.312 e. The van der Waals surface area contributed by atoms with Gasteiger partial charge in [0.15, 0.2) is 0 Å². The number of ether oxygens (including phenoxy) is 1. The molecule has 2 aliphatic rings. The number of carboxylic acids is 1. The van der Waals surface area contributed by atoms with Gasteiger partial charge < -0.3 is 9.84 Å². The molecule has 1 N–H and O–H groups in total. The molecule has 0 aliphatic carbocycles. The monoisotopic (exact) mass is 261 g/mol. The first-order valence-electron chi connectivity index (χ1n) is 6.88. The van der Waals surface area contributed by atoms with Crippen molar-refractivity contribution >= 4 is 5.97 Å². The lowest BCUT2D eigenvalue weighted by Gasteiger charge is -2.34. The molecule has 102 valence electrons. The van der Waals surface area contributed by atoms with Crippen molar-refractivity contribution in [2.24, 2.45) is 0 Å². The highest BCUT2D eigenvalue weighted by Crippen LogP contribution is 2.29. The van der Waals surface area contributed by atoms with Crippen LogP contribution < -0.4 is 0 Å². The topological polar surface area (TPSA) is 49.8 Å². The third kappa shape index (κ3) is 2.65. The van der Waals surface area contributed by atoms with Gasteiger partial charge in [-0.25, -0.2) is 0 Å². The minimum absolute atomic E-state index is 0.278. The van der Waals surface area contributed by atoms with E-state index in [9.17, 15) is 9.90 Å². The Kier molecular flexibility index (Phi) is 3.53. The summed E-state index contributed by atoms with van der Waals surface area (Å²) in [6, 6.07) is 7.88. The van der Waals surface area contributed by atoms with Gasteiger partial charge in [-0.15, -0.1) is 0 Å². The lowest BCUT2D eigenvalue weighted by Crippen LogP contribution is -2.40. The summed E-state index contributed by atoms with van der Waals surface area (Å²) >= 11 is 0. The standard InChI is InChI=1S/C15H19NO3/c17-15(18)14-10-16(9-12-5-3-7-19-12)8-11-4-1-2-6-13(11)14/h1-2,4,6,12,14H,3,5,7-10H2,(H,17,18). The quantitative estimate of drug-likeness (QED) is 0.902. The van der Waals surface area contributed by atoms with E-state index in [2.05, 4.69) is 4.90 Å². The van der Waals surface area contributed by atoms with Gasteiger partial charge in [-0.1, -0.05) is 24.3 Å². The summed E-state index contributed by atoms with van der Waals surface area (Å²) in [6.07, 6.45) is 2.49. The van der Waals surface area contributed by atoms with Crippen LogP contribution in [0.1, 0.15) is 29.9 Å². The van der Waals surface area contributed by atoms with Crippen molar-refractivity contribution in [2.75, 3.05) is 19.7 Å². The van der Waals surface area contributed by atoms with Gasteiger partial charge in [0.25, 0.3) is 0 Å². The lowest BCUT2D eigenvalue weighted by molar-refractivity contribution is -0.139. The summed E-state index contributed by atoms with van der Waals surface area (Å²) in [5.41, 5.74) is 2.11. The molecule has 0 aromatic heterocycles. The Morgan fingerprint density at radius 3 is 3.00 bits per heavy atom. The number of rotatable bonds is 3. The molecular formula is C15H19NO3. The van der Waals surface area contributed by atoms with E-state index in [0.29, 0.717) is 6.54 Å². The van der Waals surface area contributed by atoms with E-state index in [1.54, 1.807) is 0 Å². The highest BCUT2D eigenvalue weighted by molar-refractivity contribution is 5.77. The predicted molar refractivity (Wildman–Crippen MR) is 71.1 cm³/mol. The molecule has 2 heterocycles. The molecule has 1 aromatic carbocycles. The molecule has 3 rings (SSSR count). The van der Waals surface area contributed by atoms with Gasteiger partial charge in [-0.3, -0.25) is 9.69 Å². The smallest absolute Gasteiger partial charge is 0.312 e. The SMILES string of the molecule is O=C(O)C1CN(CC2CCCO2)Cc2ccccc21. The second kappa shape index (κ2) is 5.31. The summed E-state index contributed by atoms with van der Waals surface area (Å²) in [4.78, 5) is 13.7. The van der Waals surface area contributed by atoms with E-state index >= 15 is 0 Å². The second-order valence-corrected chi connectivity index (χ2v) is 5.42. The van der Waals surface area contributed by atoms with Crippen LogP contribution in [0.4, 0.5) is 0 Å². The van der Waals surface area contributed by atoms with Gasteiger partial charge in [-0.2, -0.15) is 0 Å². The summed E-state index contributed by atoms with van der Waals surface area (Å²) in [7, 11) is 0. The highest BCUT2D eigenvalue weighted by atomic mass is 16.5. The Labute approximate surface area is 113 Å². The van der Waals surface area contributed by atoms with Crippen molar-refractivity contribution in [2.45, 2.75) is 31.4 Å². The molecule has 1 fully saturated rings. The zero-order valence-electron chi connectivity index (χ0n) is 10.9. The average molecular weight is 261 g/mol. The van der Waals surface area contributed by atoms with E-state index in [1.165, 1.54) is 0 Å². The van der Waals surface area contributed by atoms with E-state index in [0.717, 1.165) is 43.7 Å². The Morgan fingerprint density at radius 1 is 1.42 bits per heavy atom. The second-order valence-electron chi connectivity index (χ2n) is 5.42. The van der Waals surface area contributed by atoms with Crippen molar-refractivity contribution in [3.8, 4) is 0 Å². The molecule has 2 atom stereocenters. The molecule has 19 heavy (non-hydrogen) atoms. The van der Waals surface area contributed by atoms with Gasteiger partial charge >= 0.3 is 5.97 Å².